The fourth-order valence-corrected chi connectivity index (χ4v) is 4.10. The smallest absolute Gasteiger partial charge is 0.240 e. The lowest BCUT2D eigenvalue weighted by Crippen LogP contribution is -2.33. The summed E-state index contributed by atoms with van der Waals surface area (Å²) in [5, 5.41) is 7.03. The Balaban J connectivity index is 1.65. The second kappa shape index (κ2) is 7.04. The minimum atomic E-state index is -1.14. The van der Waals surface area contributed by atoms with E-state index in [-0.39, 0.29) is 23.4 Å². The van der Waals surface area contributed by atoms with Crippen LogP contribution in [-0.2, 0) is 16.6 Å². The molecule has 0 fully saturated rings. The van der Waals surface area contributed by atoms with Crippen molar-refractivity contribution in [2.75, 3.05) is 11.1 Å². The van der Waals surface area contributed by atoms with Crippen molar-refractivity contribution in [2.24, 2.45) is 5.92 Å². The molecule has 0 aliphatic carbocycles. The molecule has 5 rings (SSSR count). The van der Waals surface area contributed by atoms with Crippen LogP contribution < -0.4 is 11.1 Å². The van der Waals surface area contributed by atoms with E-state index in [9.17, 15) is 9.18 Å². The molecule has 9 nitrogen and oxygen atoms in total. The molecule has 1 atom stereocenters. The van der Waals surface area contributed by atoms with Gasteiger partial charge in [-0.1, -0.05) is 26.0 Å². The summed E-state index contributed by atoms with van der Waals surface area (Å²) in [7, 11) is 0. The number of aromatic nitrogens is 6. The van der Waals surface area contributed by atoms with Gasteiger partial charge < -0.3 is 11.1 Å². The van der Waals surface area contributed by atoms with Crippen molar-refractivity contribution < 1.29 is 9.18 Å². The van der Waals surface area contributed by atoms with Gasteiger partial charge in [-0.3, -0.25) is 4.79 Å². The molecule has 10 heteroatoms. The highest BCUT2D eigenvalue weighted by molar-refractivity contribution is 6.09. The number of carbonyl (C=O) groups excluding carboxylic acids is 1. The Morgan fingerprint density at radius 1 is 1.19 bits per heavy atom. The highest BCUT2D eigenvalue weighted by Crippen LogP contribution is 2.44. The Morgan fingerprint density at radius 2 is 1.94 bits per heavy atom. The first-order valence-electron chi connectivity index (χ1n) is 10.2. The van der Waals surface area contributed by atoms with E-state index in [4.69, 9.17) is 10.7 Å². The van der Waals surface area contributed by atoms with Crippen molar-refractivity contribution in [3.05, 3.63) is 59.4 Å². The van der Waals surface area contributed by atoms with Crippen molar-refractivity contribution in [1.29, 1.82) is 0 Å². The highest BCUT2D eigenvalue weighted by Gasteiger charge is 2.47. The number of benzene rings is 1. The van der Waals surface area contributed by atoms with Crippen molar-refractivity contribution in [3.63, 3.8) is 0 Å². The quantitative estimate of drug-likeness (QED) is 0.508. The van der Waals surface area contributed by atoms with Gasteiger partial charge in [-0.05, 0) is 37.0 Å². The van der Waals surface area contributed by atoms with Crippen molar-refractivity contribution >= 4 is 23.2 Å². The molecule has 3 N–H and O–H groups in total. The summed E-state index contributed by atoms with van der Waals surface area (Å²) < 4.78 is 15.1. The Hall–Kier alpha value is -3.95. The van der Waals surface area contributed by atoms with E-state index in [0.717, 1.165) is 5.69 Å². The monoisotopic (exact) mass is 432 g/mol. The van der Waals surface area contributed by atoms with Gasteiger partial charge in [0.2, 0.25) is 5.91 Å². The van der Waals surface area contributed by atoms with Crippen molar-refractivity contribution in [2.45, 2.75) is 32.6 Å². The Labute approximate surface area is 182 Å². The van der Waals surface area contributed by atoms with Gasteiger partial charge in [-0.25, -0.2) is 28.8 Å². The minimum absolute atomic E-state index is 0.154. The summed E-state index contributed by atoms with van der Waals surface area (Å²) in [4.78, 5) is 31.0. The molecule has 1 aromatic carbocycles. The van der Waals surface area contributed by atoms with Gasteiger partial charge >= 0.3 is 0 Å². The average Bonchev–Trinajstić information content (AvgIpc) is 3.31. The van der Waals surface area contributed by atoms with E-state index in [2.05, 4.69) is 39.2 Å². The lowest BCUT2D eigenvalue weighted by atomic mass is 9.78. The molecule has 0 spiro atoms. The standard InChI is InChI=1S/C22H21FN8O/c1-11(2)8-14-20-25-10-26-31(20)9-15(27-14)18-28-17(24)16-19(29-18)30-21(32)22(16,3)12-4-6-13(23)7-5-12/h4-7,9-11H,8H2,1-3H3,(H3,24,28,29,30,32). The van der Waals surface area contributed by atoms with Gasteiger partial charge in [-0.2, -0.15) is 5.10 Å². The van der Waals surface area contributed by atoms with E-state index in [1.165, 1.54) is 18.5 Å². The predicted octanol–water partition coefficient (Wildman–Crippen LogP) is 2.76. The Kier molecular flexibility index (Phi) is 4.40. The first-order valence-corrected chi connectivity index (χ1v) is 10.2. The Bertz CT molecular complexity index is 1360. The number of amides is 1. The van der Waals surface area contributed by atoms with Crippen LogP contribution in [0.4, 0.5) is 16.0 Å². The Morgan fingerprint density at radius 3 is 2.66 bits per heavy atom. The predicted molar refractivity (Wildman–Crippen MR) is 116 cm³/mol. The maximum Gasteiger partial charge on any atom is 0.240 e. The number of halogens is 1. The van der Waals surface area contributed by atoms with E-state index < -0.39 is 5.41 Å². The molecule has 0 saturated carbocycles. The summed E-state index contributed by atoms with van der Waals surface area (Å²) in [6.07, 6.45) is 3.86. The van der Waals surface area contributed by atoms with Gasteiger partial charge in [0, 0.05) is 0 Å². The molecule has 4 aromatic rings. The fourth-order valence-electron chi connectivity index (χ4n) is 4.10. The third kappa shape index (κ3) is 2.98. The van der Waals surface area contributed by atoms with Crippen LogP contribution in [0.1, 0.15) is 37.6 Å². The number of carbonyl (C=O) groups is 1. The third-order valence-electron chi connectivity index (χ3n) is 5.71. The summed E-state index contributed by atoms with van der Waals surface area (Å²) in [6, 6.07) is 5.75. The molecule has 0 radical (unpaired) electrons. The number of nitrogens with two attached hydrogens (primary N) is 1. The molecule has 162 valence electrons. The molecule has 4 heterocycles. The molecule has 0 saturated heterocycles. The highest BCUT2D eigenvalue weighted by atomic mass is 19.1. The van der Waals surface area contributed by atoms with Crippen LogP contribution >= 0.6 is 0 Å². The number of nitrogens with zero attached hydrogens (tertiary/aromatic N) is 6. The topological polar surface area (TPSA) is 124 Å². The normalized spacial score (nSPS) is 17.7. The second-order valence-corrected chi connectivity index (χ2v) is 8.44. The molecule has 0 bridgehead atoms. The fraction of sp³-hybridized carbons (Fsp3) is 0.273. The summed E-state index contributed by atoms with van der Waals surface area (Å²) in [6.45, 7) is 5.91. The molecule has 1 aliphatic heterocycles. The summed E-state index contributed by atoms with van der Waals surface area (Å²) in [5.74, 6) is 0.406. The van der Waals surface area contributed by atoms with E-state index >= 15 is 0 Å². The van der Waals surface area contributed by atoms with Gasteiger partial charge in [-0.15, -0.1) is 0 Å². The number of fused-ring (bicyclic) bond motifs is 2. The molecule has 3 aromatic heterocycles. The molecule has 1 unspecified atom stereocenters. The lowest BCUT2D eigenvalue weighted by Gasteiger charge is -2.23. The number of nitrogens with one attached hydrogen (secondary N) is 1. The molecule has 1 aliphatic rings. The zero-order valence-electron chi connectivity index (χ0n) is 17.8. The van der Waals surface area contributed by atoms with Gasteiger partial charge in [0.25, 0.3) is 0 Å². The van der Waals surface area contributed by atoms with Crippen LogP contribution in [0, 0.1) is 11.7 Å². The van der Waals surface area contributed by atoms with Crippen LogP contribution in [0.25, 0.3) is 17.2 Å². The SMILES string of the molecule is CC(C)Cc1nc(-c2nc(N)c3c(n2)NC(=O)C3(C)c2ccc(F)cc2)cn2ncnc12. The molecule has 1 amide bonds. The zero-order valence-corrected chi connectivity index (χ0v) is 17.8. The number of hydrogen-bond donors (Lipinski definition) is 2. The van der Waals surface area contributed by atoms with Crippen LogP contribution in [0.3, 0.4) is 0 Å². The van der Waals surface area contributed by atoms with E-state index in [1.807, 2.05) is 0 Å². The van der Waals surface area contributed by atoms with Crippen molar-refractivity contribution in [3.8, 4) is 11.5 Å². The minimum Gasteiger partial charge on any atom is -0.383 e. The van der Waals surface area contributed by atoms with Crippen LogP contribution in [0.5, 0.6) is 0 Å². The maximum absolute atomic E-state index is 13.4. The number of anilines is 2. The third-order valence-corrected chi connectivity index (χ3v) is 5.71. The van der Waals surface area contributed by atoms with Crippen LogP contribution in [0.15, 0.2) is 36.8 Å². The average molecular weight is 432 g/mol. The van der Waals surface area contributed by atoms with E-state index in [0.29, 0.717) is 40.6 Å². The first kappa shape index (κ1) is 20.0. The van der Waals surface area contributed by atoms with Crippen molar-refractivity contribution in [1.82, 2.24) is 29.5 Å². The van der Waals surface area contributed by atoms with E-state index in [1.54, 1.807) is 29.8 Å². The summed E-state index contributed by atoms with van der Waals surface area (Å²) in [5.41, 5.74) is 8.18. The molecular weight excluding hydrogens is 411 g/mol. The summed E-state index contributed by atoms with van der Waals surface area (Å²) >= 11 is 0. The van der Waals surface area contributed by atoms with Crippen LogP contribution in [0.2, 0.25) is 0 Å². The van der Waals surface area contributed by atoms with Gasteiger partial charge in [0.05, 0.1) is 17.5 Å². The number of nitrogen functional groups attached to an aromatic ring is 1. The molecule has 32 heavy (non-hydrogen) atoms. The number of rotatable bonds is 4. The number of hydrogen-bond acceptors (Lipinski definition) is 7. The first-order chi connectivity index (χ1) is 15.3. The zero-order chi connectivity index (χ0) is 22.6. The van der Waals surface area contributed by atoms with Gasteiger partial charge in [0.15, 0.2) is 11.5 Å². The van der Waals surface area contributed by atoms with Crippen LogP contribution in [-0.4, -0.2) is 35.5 Å². The molecular formula is C22H21FN8O. The lowest BCUT2D eigenvalue weighted by molar-refractivity contribution is -0.119. The maximum atomic E-state index is 13.4. The largest absolute Gasteiger partial charge is 0.383 e. The second-order valence-electron chi connectivity index (χ2n) is 8.44. The van der Waals surface area contributed by atoms with Gasteiger partial charge in [0.1, 0.15) is 34.9 Å².